The first-order chi connectivity index (χ1) is 10.6. The number of hydrogen-bond donors (Lipinski definition) is 2. The molecule has 1 N–H and O–H groups in total. The van der Waals surface area contributed by atoms with E-state index in [9.17, 15) is 9.59 Å². The Morgan fingerprint density at radius 2 is 2.00 bits per heavy atom. The number of rotatable bonds is 5. The number of nitrogens with zero attached hydrogens (tertiary/aromatic N) is 1. The van der Waals surface area contributed by atoms with Crippen molar-refractivity contribution in [1.29, 1.82) is 0 Å². The van der Waals surface area contributed by atoms with E-state index in [1.54, 1.807) is 19.2 Å². The zero-order chi connectivity index (χ0) is 15.9. The third-order valence-corrected chi connectivity index (χ3v) is 4.24. The normalized spacial score (nSPS) is 15.6. The molecule has 0 spiro atoms. The Hall–Kier alpha value is -1.53. The van der Waals surface area contributed by atoms with Gasteiger partial charge < -0.3 is 15.0 Å². The highest BCUT2D eigenvalue weighted by Gasteiger charge is 2.24. The molecule has 0 aliphatic carbocycles. The van der Waals surface area contributed by atoms with Crippen LogP contribution >= 0.6 is 12.6 Å². The maximum Gasteiger partial charge on any atom is 0.252 e. The van der Waals surface area contributed by atoms with Crippen LogP contribution in [-0.4, -0.2) is 49.6 Å². The van der Waals surface area contributed by atoms with Gasteiger partial charge in [0.2, 0.25) is 5.91 Å². The SMILES string of the molecule is COCCC(=O)N1CCC(NC(=O)c2ccccc2S)CC1. The van der Waals surface area contributed by atoms with Gasteiger partial charge >= 0.3 is 0 Å². The summed E-state index contributed by atoms with van der Waals surface area (Å²) in [6, 6.07) is 7.34. The van der Waals surface area contributed by atoms with E-state index >= 15 is 0 Å². The van der Waals surface area contributed by atoms with Crippen LogP contribution in [0.15, 0.2) is 29.2 Å². The summed E-state index contributed by atoms with van der Waals surface area (Å²) in [5.74, 6) is 0.0158. The number of piperidine rings is 1. The number of benzene rings is 1. The lowest BCUT2D eigenvalue weighted by atomic mass is 10.0. The van der Waals surface area contributed by atoms with Crippen molar-refractivity contribution in [2.24, 2.45) is 0 Å². The molecule has 1 fully saturated rings. The first-order valence-corrected chi connectivity index (χ1v) is 7.92. The molecule has 0 atom stereocenters. The number of ether oxygens (including phenoxy) is 1. The topological polar surface area (TPSA) is 58.6 Å². The first kappa shape index (κ1) is 16.8. The number of thiol groups is 1. The molecule has 1 aromatic carbocycles. The highest BCUT2D eigenvalue weighted by Crippen LogP contribution is 2.15. The number of likely N-dealkylation sites (tertiary alicyclic amines) is 1. The summed E-state index contributed by atoms with van der Waals surface area (Å²) < 4.78 is 4.93. The van der Waals surface area contributed by atoms with Crippen LogP contribution in [0.4, 0.5) is 0 Å². The molecule has 6 heteroatoms. The van der Waals surface area contributed by atoms with E-state index in [1.165, 1.54) is 0 Å². The Morgan fingerprint density at radius 1 is 1.32 bits per heavy atom. The van der Waals surface area contributed by atoms with E-state index in [4.69, 9.17) is 4.74 Å². The zero-order valence-corrected chi connectivity index (χ0v) is 13.6. The van der Waals surface area contributed by atoms with Crippen LogP contribution in [0.3, 0.4) is 0 Å². The molecule has 0 unspecified atom stereocenters. The molecule has 0 aromatic heterocycles. The summed E-state index contributed by atoms with van der Waals surface area (Å²) in [6.07, 6.45) is 1.97. The molecule has 120 valence electrons. The summed E-state index contributed by atoms with van der Waals surface area (Å²) in [4.78, 5) is 26.6. The number of methoxy groups -OCH3 is 1. The summed E-state index contributed by atoms with van der Waals surface area (Å²) in [5.41, 5.74) is 0.587. The van der Waals surface area contributed by atoms with E-state index < -0.39 is 0 Å². The molecule has 1 aliphatic heterocycles. The van der Waals surface area contributed by atoms with Gasteiger partial charge in [-0.15, -0.1) is 12.6 Å². The molecule has 22 heavy (non-hydrogen) atoms. The molecule has 2 rings (SSSR count). The van der Waals surface area contributed by atoms with Crippen molar-refractivity contribution in [1.82, 2.24) is 10.2 Å². The highest BCUT2D eigenvalue weighted by atomic mass is 32.1. The van der Waals surface area contributed by atoms with E-state index in [0.29, 0.717) is 36.6 Å². The molecule has 0 saturated carbocycles. The Balaban J connectivity index is 1.81. The Bertz CT molecular complexity index is 528. The number of carbonyl (C=O) groups is 2. The number of carbonyl (C=O) groups excluding carboxylic acids is 2. The van der Waals surface area contributed by atoms with Gasteiger partial charge in [-0.3, -0.25) is 9.59 Å². The number of nitrogens with one attached hydrogen (secondary N) is 1. The highest BCUT2D eigenvalue weighted by molar-refractivity contribution is 7.80. The quantitative estimate of drug-likeness (QED) is 0.812. The Kier molecular flexibility index (Phi) is 6.27. The molecular weight excluding hydrogens is 300 g/mol. The average Bonchev–Trinajstić information content (AvgIpc) is 2.53. The minimum atomic E-state index is -0.102. The van der Waals surface area contributed by atoms with Gasteiger partial charge in [0.1, 0.15) is 0 Å². The van der Waals surface area contributed by atoms with Crippen LogP contribution < -0.4 is 5.32 Å². The summed E-state index contributed by atoms with van der Waals surface area (Å²) in [7, 11) is 1.59. The molecule has 2 amide bonds. The van der Waals surface area contributed by atoms with E-state index in [2.05, 4.69) is 17.9 Å². The summed E-state index contributed by atoms with van der Waals surface area (Å²) >= 11 is 4.30. The second-order valence-corrected chi connectivity index (χ2v) is 5.87. The first-order valence-electron chi connectivity index (χ1n) is 7.47. The lowest BCUT2D eigenvalue weighted by Crippen LogP contribution is -2.46. The largest absolute Gasteiger partial charge is 0.384 e. The molecular formula is C16H22N2O3S. The minimum Gasteiger partial charge on any atom is -0.384 e. The lowest BCUT2D eigenvalue weighted by molar-refractivity contribution is -0.133. The van der Waals surface area contributed by atoms with E-state index in [0.717, 1.165) is 12.8 Å². The van der Waals surface area contributed by atoms with Gasteiger partial charge in [0.15, 0.2) is 0 Å². The van der Waals surface area contributed by atoms with Gasteiger partial charge in [0.25, 0.3) is 5.91 Å². The third kappa shape index (κ3) is 4.48. The molecule has 1 aliphatic rings. The second-order valence-electron chi connectivity index (χ2n) is 5.39. The van der Waals surface area contributed by atoms with Crippen LogP contribution in [-0.2, 0) is 9.53 Å². The molecule has 5 nitrogen and oxygen atoms in total. The van der Waals surface area contributed by atoms with E-state index in [1.807, 2.05) is 17.0 Å². The molecule has 1 aromatic rings. The third-order valence-electron chi connectivity index (χ3n) is 3.85. The molecule has 0 bridgehead atoms. The lowest BCUT2D eigenvalue weighted by Gasteiger charge is -2.32. The second kappa shape index (κ2) is 8.19. The van der Waals surface area contributed by atoms with Crippen molar-refractivity contribution in [3.8, 4) is 0 Å². The molecule has 0 radical (unpaired) electrons. The van der Waals surface area contributed by atoms with Crippen molar-refractivity contribution in [2.75, 3.05) is 26.8 Å². The average molecular weight is 322 g/mol. The van der Waals surface area contributed by atoms with E-state index in [-0.39, 0.29) is 17.9 Å². The van der Waals surface area contributed by atoms with Crippen LogP contribution in [0.2, 0.25) is 0 Å². The fourth-order valence-electron chi connectivity index (χ4n) is 2.55. The minimum absolute atomic E-state index is 0.102. The van der Waals surface area contributed by atoms with Gasteiger partial charge in [-0.05, 0) is 25.0 Å². The van der Waals surface area contributed by atoms with Gasteiger partial charge in [-0.1, -0.05) is 12.1 Å². The Labute approximate surface area is 136 Å². The van der Waals surface area contributed by atoms with Crippen molar-refractivity contribution >= 4 is 24.4 Å². The zero-order valence-electron chi connectivity index (χ0n) is 12.7. The fourth-order valence-corrected chi connectivity index (χ4v) is 2.81. The van der Waals surface area contributed by atoms with Gasteiger partial charge in [0.05, 0.1) is 18.6 Å². The maximum atomic E-state index is 12.2. The van der Waals surface area contributed by atoms with Crippen LogP contribution in [0, 0.1) is 0 Å². The van der Waals surface area contributed by atoms with Crippen LogP contribution in [0.1, 0.15) is 29.6 Å². The fraction of sp³-hybridized carbons (Fsp3) is 0.500. The number of hydrogen-bond acceptors (Lipinski definition) is 4. The van der Waals surface area contributed by atoms with Gasteiger partial charge in [-0.25, -0.2) is 0 Å². The monoisotopic (exact) mass is 322 g/mol. The van der Waals surface area contributed by atoms with Gasteiger partial charge in [-0.2, -0.15) is 0 Å². The maximum absolute atomic E-state index is 12.2. The summed E-state index contributed by atoms with van der Waals surface area (Å²) in [6.45, 7) is 1.81. The number of amides is 2. The van der Waals surface area contributed by atoms with Crippen molar-refractivity contribution in [2.45, 2.75) is 30.2 Å². The van der Waals surface area contributed by atoms with Crippen molar-refractivity contribution in [3.63, 3.8) is 0 Å². The van der Waals surface area contributed by atoms with Crippen LogP contribution in [0.25, 0.3) is 0 Å². The van der Waals surface area contributed by atoms with Crippen molar-refractivity contribution in [3.05, 3.63) is 29.8 Å². The molecule has 1 saturated heterocycles. The smallest absolute Gasteiger partial charge is 0.252 e. The standard InChI is InChI=1S/C16H22N2O3S/c1-21-11-8-15(19)18-9-6-12(7-10-18)17-16(20)13-4-2-3-5-14(13)22/h2-5,12,22H,6-11H2,1H3,(H,17,20). The predicted molar refractivity (Wildman–Crippen MR) is 87.3 cm³/mol. The summed E-state index contributed by atoms with van der Waals surface area (Å²) in [5, 5.41) is 3.03. The Morgan fingerprint density at radius 3 is 2.64 bits per heavy atom. The van der Waals surface area contributed by atoms with Gasteiger partial charge in [0, 0.05) is 31.1 Å². The van der Waals surface area contributed by atoms with Crippen molar-refractivity contribution < 1.29 is 14.3 Å². The van der Waals surface area contributed by atoms with Crippen LogP contribution in [0.5, 0.6) is 0 Å². The molecule has 1 heterocycles. The predicted octanol–water partition coefficient (Wildman–Crippen LogP) is 1.73.